The van der Waals surface area contributed by atoms with Crippen molar-refractivity contribution in [2.75, 3.05) is 42.6 Å². The zero-order chi connectivity index (χ0) is 25.3. The average molecular weight is 503 g/mol. The van der Waals surface area contributed by atoms with E-state index in [1.165, 1.54) is 17.4 Å². The number of nitrogens with zero attached hydrogens (tertiary/aromatic N) is 3. The summed E-state index contributed by atoms with van der Waals surface area (Å²) in [6, 6.07) is 17.1. The largest absolute Gasteiger partial charge is 0.437 e. The number of carbonyl (C=O) groups excluding carboxylic acids is 1. The molecule has 36 heavy (non-hydrogen) atoms. The topological polar surface area (TPSA) is 91.4 Å². The number of fused-ring (bicyclic) bond motifs is 1. The number of benzene rings is 2. The second-order valence-electron chi connectivity index (χ2n) is 8.24. The molecule has 0 unspecified atom stereocenters. The Balaban J connectivity index is 1.45. The van der Waals surface area contributed by atoms with Crippen LogP contribution in [-0.2, 0) is 4.79 Å². The minimum Gasteiger partial charge on any atom is -0.437 e. The quantitative estimate of drug-likeness (QED) is 0.201. The van der Waals surface area contributed by atoms with Gasteiger partial charge in [0.25, 0.3) is 0 Å². The van der Waals surface area contributed by atoms with E-state index in [4.69, 9.17) is 4.74 Å². The summed E-state index contributed by atoms with van der Waals surface area (Å²) in [7, 11) is 2.14. The normalized spacial score (nSPS) is 10.9. The summed E-state index contributed by atoms with van der Waals surface area (Å²) in [6.45, 7) is 8.65. The molecule has 0 saturated heterocycles. The predicted octanol–water partition coefficient (Wildman–Crippen LogP) is 6.11. The van der Waals surface area contributed by atoms with Gasteiger partial charge in [0.1, 0.15) is 10.4 Å². The molecule has 4 aromatic rings. The van der Waals surface area contributed by atoms with Crippen LogP contribution in [0.3, 0.4) is 0 Å². The number of carbonyl (C=O) groups is 1. The van der Waals surface area contributed by atoms with Crippen molar-refractivity contribution < 1.29 is 9.53 Å². The monoisotopic (exact) mass is 502 g/mol. The predicted molar refractivity (Wildman–Crippen MR) is 149 cm³/mol. The van der Waals surface area contributed by atoms with Crippen LogP contribution in [0.15, 0.2) is 72.6 Å². The van der Waals surface area contributed by atoms with Crippen LogP contribution in [0.4, 0.5) is 23.0 Å². The lowest BCUT2D eigenvalue weighted by Crippen LogP contribution is -2.25. The third kappa shape index (κ3) is 6.80. The van der Waals surface area contributed by atoms with Crippen LogP contribution < -0.4 is 20.7 Å². The van der Waals surface area contributed by atoms with Crippen LogP contribution in [0.25, 0.3) is 10.2 Å². The highest BCUT2D eigenvalue weighted by atomic mass is 32.1. The molecule has 0 aliphatic heterocycles. The summed E-state index contributed by atoms with van der Waals surface area (Å²) in [5.41, 5.74) is 3.33. The van der Waals surface area contributed by atoms with E-state index in [1.54, 1.807) is 18.2 Å². The Morgan fingerprint density at radius 3 is 2.67 bits per heavy atom. The van der Waals surface area contributed by atoms with Gasteiger partial charge in [0.2, 0.25) is 17.7 Å². The number of rotatable bonds is 12. The smallest absolute Gasteiger partial charge is 0.247 e. The first kappa shape index (κ1) is 25.2. The van der Waals surface area contributed by atoms with Gasteiger partial charge in [0, 0.05) is 36.2 Å². The zero-order valence-corrected chi connectivity index (χ0v) is 21.3. The molecule has 0 aliphatic carbocycles. The van der Waals surface area contributed by atoms with Gasteiger partial charge >= 0.3 is 0 Å². The number of aromatic nitrogens is 2. The minimum atomic E-state index is -0.286. The van der Waals surface area contributed by atoms with Crippen molar-refractivity contribution in [3.8, 4) is 11.6 Å². The number of hydrogen-bond donors (Lipinski definition) is 3. The fourth-order valence-corrected chi connectivity index (χ4v) is 4.34. The van der Waals surface area contributed by atoms with Gasteiger partial charge in [-0.3, -0.25) is 4.79 Å². The number of thiophene rings is 1. The van der Waals surface area contributed by atoms with Crippen molar-refractivity contribution in [3.63, 3.8) is 0 Å². The lowest BCUT2D eigenvalue weighted by atomic mass is 10.3. The van der Waals surface area contributed by atoms with E-state index in [9.17, 15) is 4.79 Å². The van der Waals surface area contributed by atoms with Crippen molar-refractivity contribution in [2.45, 2.75) is 13.3 Å². The number of likely N-dealkylation sites (N-methyl/N-ethyl adjacent to an activating group) is 1. The Kier molecular flexibility index (Phi) is 8.48. The van der Waals surface area contributed by atoms with Gasteiger partial charge in [-0.25, -0.2) is 4.98 Å². The van der Waals surface area contributed by atoms with Crippen LogP contribution in [0.1, 0.15) is 13.3 Å². The average Bonchev–Trinajstić information content (AvgIpc) is 3.34. The molecular formula is C27H30N6O2S. The van der Waals surface area contributed by atoms with Gasteiger partial charge < -0.3 is 25.6 Å². The van der Waals surface area contributed by atoms with E-state index < -0.39 is 0 Å². The van der Waals surface area contributed by atoms with Crippen molar-refractivity contribution in [2.24, 2.45) is 0 Å². The van der Waals surface area contributed by atoms with Gasteiger partial charge in [0.05, 0.1) is 5.52 Å². The van der Waals surface area contributed by atoms with Crippen molar-refractivity contribution >= 4 is 50.5 Å². The molecule has 0 aliphatic rings. The fourth-order valence-electron chi connectivity index (χ4n) is 3.59. The lowest BCUT2D eigenvalue weighted by molar-refractivity contribution is -0.111. The first-order valence-corrected chi connectivity index (χ1v) is 12.7. The molecular weight excluding hydrogens is 472 g/mol. The number of ether oxygens (including phenoxy) is 1. The Bertz CT molecular complexity index is 1320. The fraction of sp³-hybridized carbons (Fsp3) is 0.222. The van der Waals surface area contributed by atoms with Gasteiger partial charge in [-0.2, -0.15) is 4.98 Å². The van der Waals surface area contributed by atoms with Crippen LogP contribution in [0.5, 0.6) is 11.6 Å². The van der Waals surface area contributed by atoms with E-state index >= 15 is 0 Å². The molecule has 0 radical (unpaired) electrons. The van der Waals surface area contributed by atoms with Gasteiger partial charge in [-0.15, -0.1) is 11.3 Å². The van der Waals surface area contributed by atoms with E-state index in [0.29, 0.717) is 23.3 Å². The molecule has 0 saturated carbocycles. The molecule has 1 amide bonds. The Morgan fingerprint density at radius 2 is 1.89 bits per heavy atom. The highest BCUT2D eigenvalue weighted by Gasteiger charge is 2.12. The Hall–Kier alpha value is -3.95. The molecule has 0 fully saturated rings. The SMILES string of the molecule is C=CC(=O)Nc1cccc(Oc2nc(Nc3ccc(NCCN(C)CCC)cc3)nc3ccsc23)c1. The number of anilines is 4. The Labute approximate surface area is 215 Å². The molecule has 0 spiro atoms. The molecule has 9 heteroatoms. The van der Waals surface area contributed by atoms with Crippen LogP contribution in [0, 0.1) is 0 Å². The summed E-state index contributed by atoms with van der Waals surface area (Å²) in [5, 5.41) is 11.4. The highest BCUT2D eigenvalue weighted by Crippen LogP contribution is 2.33. The van der Waals surface area contributed by atoms with Crippen LogP contribution in [0.2, 0.25) is 0 Å². The molecule has 8 nitrogen and oxygen atoms in total. The lowest BCUT2D eigenvalue weighted by Gasteiger charge is -2.16. The van der Waals surface area contributed by atoms with Crippen LogP contribution in [-0.4, -0.2) is 47.5 Å². The van der Waals surface area contributed by atoms with E-state index in [1.807, 2.05) is 41.8 Å². The van der Waals surface area contributed by atoms with E-state index in [0.717, 1.165) is 47.6 Å². The molecule has 4 rings (SSSR count). The van der Waals surface area contributed by atoms with Crippen LogP contribution >= 0.6 is 11.3 Å². The van der Waals surface area contributed by atoms with Gasteiger partial charge in [0.15, 0.2) is 0 Å². The van der Waals surface area contributed by atoms with Gasteiger partial charge in [-0.1, -0.05) is 19.6 Å². The highest BCUT2D eigenvalue weighted by molar-refractivity contribution is 7.17. The molecule has 2 aromatic heterocycles. The Morgan fingerprint density at radius 1 is 1.08 bits per heavy atom. The standard InChI is InChI=1S/C27H30N6O2S/c1-4-15-33(3)16-14-28-19-9-11-20(12-10-19)30-27-31-23-13-17-36-25(23)26(32-27)35-22-8-6-7-21(18-22)29-24(34)5-2/h5-13,17-18,28H,2,4,14-16H2,1,3H3,(H,29,34)(H,30,31,32). The molecule has 3 N–H and O–H groups in total. The third-order valence-corrected chi connectivity index (χ3v) is 6.23. The van der Waals surface area contributed by atoms with Crippen molar-refractivity contribution in [3.05, 3.63) is 72.6 Å². The second-order valence-corrected chi connectivity index (χ2v) is 9.16. The molecule has 2 heterocycles. The maximum absolute atomic E-state index is 11.6. The third-order valence-electron chi connectivity index (χ3n) is 5.34. The minimum absolute atomic E-state index is 0.286. The second kappa shape index (κ2) is 12.1. The molecule has 0 atom stereocenters. The number of nitrogens with one attached hydrogen (secondary N) is 3. The maximum Gasteiger partial charge on any atom is 0.247 e. The molecule has 0 bridgehead atoms. The molecule has 186 valence electrons. The summed E-state index contributed by atoms with van der Waals surface area (Å²) in [6.07, 6.45) is 2.38. The van der Waals surface area contributed by atoms with E-state index in [2.05, 4.69) is 51.4 Å². The first-order valence-electron chi connectivity index (χ1n) is 11.8. The number of amides is 1. The summed E-state index contributed by atoms with van der Waals surface area (Å²) >= 11 is 1.51. The number of hydrogen-bond acceptors (Lipinski definition) is 8. The summed E-state index contributed by atoms with van der Waals surface area (Å²) in [5.74, 6) is 1.15. The summed E-state index contributed by atoms with van der Waals surface area (Å²) < 4.78 is 6.95. The zero-order valence-electron chi connectivity index (χ0n) is 20.5. The maximum atomic E-state index is 11.6. The first-order chi connectivity index (χ1) is 17.5. The van der Waals surface area contributed by atoms with Crippen molar-refractivity contribution in [1.82, 2.24) is 14.9 Å². The van der Waals surface area contributed by atoms with Crippen molar-refractivity contribution in [1.29, 1.82) is 0 Å². The summed E-state index contributed by atoms with van der Waals surface area (Å²) in [4.78, 5) is 23.2. The van der Waals surface area contributed by atoms with E-state index in [-0.39, 0.29) is 5.91 Å². The molecule has 2 aromatic carbocycles. The van der Waals surface area contributed by atoms with Gasteiger partial charge in [-0.05, 0) is 73.9 Å².